The third-order valence-electron chi connectivity index (χ3n) is 3.77. The zero-order valence-electron chi connectivity index (χ0n) is 13.5. The fourth-order valence-electron chi connectivity index (χ4n) is 2.43. The van der Waals surface area contributed by atoms with Crippen LogP contribution >= 0.6 is 0 Å². The molecule has 7 heteroatoms. The zero-order valence-corrected chi connectivity index (χ0v) is 13.5. The lowest BCUT2D eigenvalue weighted by atomic mass is 10.1. The van der Waals surface area contributed by atoms with E-state index in [0.29, 0.717) is 18.0 Å². The summed E-state index contributed by atoms with van der Waals surface area (Å²) in [5, 5.41) is 2.55. The van der Waals surface area contributed by atoms with Crippen LogP contribution in [0.5, 0.6) is 5.75 Å². The van der Waals surface area contributed by atoms with E-state index in [4.69, 9.17) is 4.74 Å². The number of likely N-dealkylation sites (N-methyl/N-ethyl adjacent to an activating group) is 1. The largest absolute Gasteiger partial charge is 0.482 e. The van der Waals surface area contributed by atoms with Gasteiger partial charge in [0, 0.05) is 20.6 Å². The Hall–Kier alpha value is -2.57. The number of para-hydroxylation sites is 2. The Morgan fingerprint density at radius 2 is 2.09 bits per heavy atom. The fraction of sp³-hybridized carbons (Fsp3) is 0.438. The first-order chi connectivity index (χ1) is 10.9. The molecule has 1 atom stereocenters. The highest BCUT2D eigenvalue weighted by Crippen LogP contribution is 2.31. The van der Waals surface area contributed by atoms with Gasteiger partial charge in [0.25, 0.3) is 5.91 Å². The molecule has 1 aliphatic rings. The van der Waals surface area contributed by atoms with Crippen LogP contribution in [0.2, 0.25) is 0 Å². The van der Waals surface area contributed by atoms with Crippen LogP contribution < -0.4 is 15.0 Å². The van der Waals surface area contributed by atoms with E-state index in [1.54, 1.807) is 39.2 Å². The van der Waals surface area contributed by atoms with Crippen molar-refractivity contribution in [1.82, 2.24) is 10.2 Å². The molecule has 1 N–H and O–H groups in total. The molecule has 0 spiro atoms. The molecule has 0 saturated carbocycles. The number of carbonyl (C=O) groups excluding carboxylic acids is 3. The van der Waals surface area contributed by atoms with E-state index in [1.165, 1.54) is 9.80 Å². The van der Waals surface area contributed by atoms with E-state index in [0.717, 1.165) is 0 Å². The summed E-state index contributed by atoms with van der Waals surface area (Å²) in [6.07, 6.45) is 0. The second-order valence-corrected chi connectivity index (χ2v) is 5.53. The van der Waals surface area contributed by atoms with Crippen LogP contribution in [0.1, 0.15) is 6.92 Å². The van der Waals surface area contributed by atoms with E-state index < -0.39 is 0 Å². The molecule has 1 aromatic rings. The lowest BCUT2D eigenvalue weighted by Crippen LogP contribution is -2.47. The Kier molecular flexibility index (Phi) is 5.20. The molecule has 1 aliphatic heterocycles. The van der Waals surface area contributed by atoms with Gasteiger partial charge in [-0.3, -0.25) is 19.3 Å². The number of nitrogens with zero attached hydrogens (tertiary/aromatic N) is 2. The Balaban J connectivity index is 2.05. The Morgan fingerprint density at radius 1 is 1.39 bits per heavy atom. The molecule has 1 unspecified atom stereocenters. The molecule has 0 fully saturated rings. The average Bonchev–Trinajstić information content (AvgIpc) is 2.56. The number of anilines is 1. The summed E-state index contributed by atoms with van der Waals surface area (Å²) < 4.78 is 5.35. The normalized spacial score (nSPS) is 14.6. The smallest absolute Gasteiger partial charge is 0.265 e. The SMILES string of the molecule is CNC(=O)C(C)CN(C)C(=O)CN1C(=O)COc2ccccc21. The van der Waals surface area contributed by atoms with Crippen molar-refractivity contribution in [2.45, 2.75) is 6.92 Å². The molecular weight excluding hydrogens is 298 g/mol. The number of rotatable bonds is 5. The zero-order chi connectivity index (χ0) is 17.0. The van der Waals surface area contributed by atoms with Gasteiger partial charge in [-0.1, -0.05) is 19.1 Å². The van der Waals surface area contributed by atoms with Crippen LogP contribution in [0.15, 0.2) is 24.3 Å². The molecule has 0 radical (unpaired) electrons. The van der Waals surface area contributed by atoms with Gasteiger partial charge in [-0.05, 0) is 12.1 Å². The molecule has 0 aromatic heterocycles. The Labute approximate surface area is 135 Å². The predicted octanol–water partition coefficient (Wildman–Crippen LogP) is 0.253. The maximum atomic E-state index is 12.4. The third kappa shape index (κ3) is 3.80. The topological polar surface area (TPSA) is 79.0 Å². The van der Waals surface area contributed by atoms with Crippen LogP contribution in [-0.4, -0.2) is 56.4 Å². The van der Waals surface area contributed by atoms with Crippen molar-refractivity contribution >= 4 is 23.4 Å². The van der Waals surface area contributed by atoms with Crippen molar-refractivity contribution in [3.05, 3.63) is 24.3 Å². The number of benzene rings is 1. The van der Waals surface area contributed by atoms with Crippen molar-refractivity contribution in [3.63, 3.8) is 0 Å². The molecule has 1 heterocycles. The van der Waals surface area contributed by atoms with Crippen LogP contribution in [0.4, 0.5) is 5.69 Å². The molecule has 7 nitrogen and oxygen atoms in total. The lowest BCUT2D eigenvalue weighted by molar-refractivity contribution is -0.132. The van der Waals surface area contributed by atoms with E-state index in [2.05, 4.69) is 5.32 Å². The monoisotopic (exact) mass is 319 g/mol. The molecule has 23 heavy (non-hydrogen) atoms. The van der Waals surface area contributed by atoms with Gasteiger partial charge >= 0.3 is 0 Å². The van der Waals surface area contributed by atoms with Crippen LogP contribution in [0, 0.1) is 5.92 Å². The number of hydrogen-bond donors (Lipinski definition) is 1. The molecule has 0 aliphatic carbocycles. The predicted molar refractivity (Wildman–Crippen MR) is 85.2 cm³/mol. The minimum atomic E-state index is -0.318. The molecule has 2 rings (SSSR count). The first-order valence-corrected chi connectivity index (χ1v) is 7.41. The number of fused-ring (bicyclic) bond motifs is 1. The molecule has 124 valence electrons. The lowest BCUT2D eigenvalue weighted by Gasteiger charge is -2.30. The van der Waals surface area contributed by atoms with E-state index in [-0.39, 0.29) is 36.8 Å². The van der Waals surface area contributed by atoms with Gasteiger partial charge in [0.15, 0.2) is 6.61 Å². The van der Waals surface area contributed by atoms with Crippen LogP contribution in [-0.2, 0) is 14.4 Å². The van der Waals surface area contributed by atoms with Crippen molar-refractivity contribution in [2.24, 2.45) is 5.92 Å². The Morgan fingerprint density at radius 3 is 2.78 bits per heavy atom. The Bertz CT molecular complexity index is 617. The van der Waals surface area contributed by atoms with Crippen molar-refractivity contribution in [2.75, 3.05) is 38.7 Å². The minimum absolute atomic E-state index is 0.0732. The van der Waals surface area contributed by atoms with Crippen molar-refractivity contribution < 1.29 is 19.1 Å². The average molecular weight is 319 g/mol. The van der Waals surface area contributed by atoms with Crippen LogP contribution in [0.3, 0.4) is 0 Å². The van der Waals surface area contributed by atoms with E-state index in [9.17, 15) is 14.4 Å². The van der Waals surface area contributed by atoms with E-state index >= 15 is 0 Å². The van der Waals surface area contributed by atoms with Gasteiger partial charge in [0.1, 0.15) is 12.3 Å². The summed E-state index contributed by atoms with van der Waals surface area (Å²) in [6, 6.07) is 7.10. The summed E-state index contributed by atoms with van der Waals surface area (Å²) in [5.41, 5.74) is 0.588. The van der Waals surface area contributed by atoms with Gasteiger partial charge in [-0.25, -0.2) is 0 Å². The summed E-state index contributed by atoms with van der Waals surface area (Å²) in [4.78, 5) is 38.9. The maximum absolute atomic E-state index is 12.4. The number of carbonyl (C=O) groups is 3. The number of ether oxygens (including phenoxy) is 1. The van der Waals surface area contributed by atoms with E-state index in [1.807, 2.05) is 6.07 Å². The number of hydrogen-bond acceptors (Lipinski definition) is 4. The fourth-order valence-corrected chi connectivity index (χ4v) is 2.43. The molecule has 3 amide bonds. The van der Waals surface area contributed by atoms with Crippen molar-refractivity contribution in [1.29, 1.82) is 0 Å². The second kappa shape index (κ2) is 7.13. The number of nitrogens with one attached hydrogen (secondary N) is 1. The molecule has 0 bridgehead atoms. The highest BCUT2D eigenvalue weighted by Gasteiger charge is 2.28. The summed E-state index contributed by atoms with van der Waals surface area (Å²) in [5.74, 6) is -0.351. The van der Waals surface area contributed by atoms with Gasteiger partial charge in [0.05, 0.1) is 11.6 Å². The standard InChI is InChI=1S/C16H21N3O4/c1-11(16(22)17-2)8-18(3)14(20)9-19-12-6-4-5-7-13(12)23-10-15(19)21/h4-7,11H,8-10H2,1-3H3,(H,17,22). The minimum Gasteiger partial charge on any atom is -0.482 e. The van der Waals surface area contributed by atoms with Gasteiger partial charge in [-0.15, -0.1) is 0 Å². The van der Waals surface area contributed by atoms with Gasteiger partial charge in [0.2, 0.25) is 11.8 Å². The van der Waals surface area contributed by atoms with Gasteiger partial charge < -0.3 is 15.0 Å². The summed E-state index contributed by atoms with van der Waals surface area (Å²) in [6.45, 7) is 1.88. The van der Waals surface area contributed by atoms with Crippen LogP contribution in [0.25, 0.3) is 0 Å². The first-order valence-electron chi connectivity index (χ1n) is 7.41. The molecule has 1 aromatic carbocycles. The first kappa shape index (κ1) is 16.8. The third-order valence-corrected chi connectivity index (χ3v) is 3.77. The number of amides is 3. The quantitative estimate of drug-likeness (QED) is 0.844. The summed E-state index contributed by atoms with van der Waals surface area (Å²) >= 11 is 0. The van der Waals surface area contributed by atoms with Crippen molar-refractivity contribution in [3.8, 4) is 5.75 Å². The highest BCUT2D eigenvalue weighted by atomic mass is 16.5. The highest BCUT2D eigenvalue weighted by molar-refractivity contribution is 6.02. The molecular formula is C16H21N3O4. The maximum Gasteiger partial charge on any atom is 0.265 e. The second-order valence-electron chi connectivity index (χ2n) is 5.53. The molecule has 0 saturated heterocycles. The summed E-state index contributed by atoms with van der Waals surface area (Å²) in [7, 11) is 3.18. The van der Waals surface area contributed by atoms with Gasteiger partial charge in [-0.2, -0.15) is 0 Å².